The molecule has 1 N–H and O–H groups in total. The Kier molecular flexibility index (Phi) is 5.71. The molecule has 1 fully saturated rings. The van der Waals surface area contributed by atoms with Crippen molar-refractivity contribution in [2.45, 2.75) is 31.6 Å². The minimum Gasteiger partial charge on any atom is -0.495 e. The van der Waals surface area contributed by atoms with E-state index in [1.165, 1.54) is 37.6 Å². The second-order valence-corrected chi connectivity index (χ2v) is 7.88. The van der Waals surface area contributed by atoms with E-state index in [0.29, 0.717) is 30.4 Å². The number of hydrogen-bond acceptors (Lipinski definition) is 5. The molecule has 1 aliphatic rings. The van der Waals surface area contributed by atoms with Gasteiger partial charge in [0.1, 0.15) is 16.4 Å². The molecule has 2 rings (SSSR count). The van der Waals surface area contributed by atoms with E-state index < -0.39 is 10.0 Å². The van der Waals surface area contributed by atoms with Gasteiger partial charge in [-0.05, 0) is 24.8 Å². The van der Waals surface area contributed by atoms with Gasteiger partial charge in [-0.1, -0.05) is 6.92 Å². The van der Waals surface area contributed by atoms with Crippen molar-refractivity contribution in [3.8, 4) is 11.5 Å². The number of nitrogens with one attached hydrogen (secondary N) is 1. The van der Waals surface area contributed by atoms with E-state index >= 15 is 0 Å². The molecule has 1 saturated heterocycles. The smallest absolute Gasteiger partial charge is 0.246 e. The van der Waals surface area contributed by atoms with E-state index in [9.17, 15) is 13.2 Å². The molecule has 24 heavy (non-hydrogen) atoms. The standard InChI is InChI=1S/C16H24N2O5S/c1-11-5-7-18(8-6-11)24(20,21)16-9-13(17-12(2)19)14(22-3)10-15(16)23-4/h9-11H,5-8H2,1-4H3,(H,17,19). The number of methoxy groups -OCH3 is 2. The van der Waals surface area contributed by atoms with Gasteiger partial charge in [-0.25, -0.2) is 8.42 Å². The van der Waals surface area contributed by atoms with Gasteiger partial charge in [-0.15, -0.1) is 0 Å². The van der Waals surface area contributed by atoms with Gasteiger partial charge < -0.3 is 14.8 Å². The Morgan fingerprint density at radius 2 is 1.75 bits per heavy atom. The third-order valence-electron chi connectivity index (χ3n) is 4.16. The molecule has 0 aromatic heterocycles. The molecule has 8 heteroatoms. The van der Waals surface area contributed by atoms with Crippen LogP contribution in [0.2, 0.25) is 0 Å². The Bertz CT molecular complexity index is 709. The maximum Gasteiger partial charge on any atom is 0.246 e. The van der Waals surface area contributed by atoms with E-state index in [0.717, 1.165) is 12.8 Å². The largest absolute Gasteiger partial charge is 0.495 e. The highest BCUT2D eigenvalue weighted by Gasteiger charge is 2.31. The van der Waals surface area contributed by atoms with Gasteiger partial charge in [0, 0.05) is 26.1 Å². The van der Waals surface area contributed by atoms with E-state index in [2.05, 4.69) is 12.2 Å². The first-order chi connectivity index (χ1) is 11.3. The highest BCUT2D eigenvalue weighted by molar-refractivity contribution is 7.89. The minimum atomic E-state index is -3.71. The summed E-state index contributed by atoms with van der Waals surface area (Å²) in [4.78, 5) is 11.4. The van der Waals surface area contributed by atoms with Crippen LogP contribution in [0, 0.1) is 5.92 Å². The van der Waals surface area contributed by atoms with Gasteiger partial charge in [0.25, 0.3) is 0 Å². The first-order valence-corrected chi connectivity index (χ1v) is 9.27. The molecule has 1 amide bonds. The molecule has 1 heterocycles. The molecule has 0 atom stereocenters. The third-order valence-corrected chi connectivity index (χ3v) is 6.08. The van der Waals surface area contributed by atoms with Crippen LogP contribution in [0.1, 0.15) is 26.7 Å². The SMILES string of the molecule is COc1cc(OC)c(S(=O)(=O)N2CCC(C)CC2)cc1NC(C)=O. The summed E-state index contributed by atoms with van der Waals surface area (Å²) < 4.78 is 37.9. The summed E-state index contributed by atoms with van der Waals surface area (Å²) in [5.74, 6) is 0.741. The van der Waals surface area contributed by atoms with Crippen molar-refractivity contribution in [2.75, 3.05) is 32.6 Å². The third kappa shape index (κ3) is 3.81. The lowest BCUT2D eigenvalue weighted by Crippen LogP contribution is -2.38. The molecule has 134 valence electrons. The number of piperidine rings is 1. The molecule has 0 spiro atoms. The number of anilines is 1. The monoisotopic (exact) mass is 356 g/mol. The molecule has 0 saturated carbocycles. The summed E-state index contributed by atoms with van der Waals surface area (Å²) in [6.07, 6.45) is 1.66. The van der Waals surface area contributed by atoms with Crippen LogP contribution >= 0.6 is 0 Å². The Morgan fingerprint density at radius 1 is 1.17 bits per heavy atom. The minimum absolute atomic E-state index is 0.0316. The number of amides is 1. The van der Waals surface area contributed by atoms with Crippen LogP contribution in [-0.2, 0) is 14.8 Å². The van der Waals surface area contributed by atoms with Gasteiger partial charge in [0.15, 0.2) is 0 Å². The number of carbonyl (C=O) groups excluding carboxylic acids is 1. The summed E-state index contributed by atoms with van der Waals surface area (Å²) in [7, 11) is -0.858. The average Bonchev–Trinajstić information content (AvgIpc) is 2.54. The second-order valence-electron chi connectivity index (χ2n) is 5.97. The first-order valence-electron chi connectivity index (χ1n) is 7.83. The topological polar surface area (TPSA) is 84.9 Å². The molecule has 0 unspecified atom stereocenters. The maximum atomic E-state index is 13.0. The molecule has 0 aliphatic carbocycles. The maximum absolute atomic E-state index is 13.0. The number of rotatable bonds is 5. The fraction of sp³-hybridized carbons (Fsp3) is 0.562. The van der Waals surface area contributed by atoms with Gasteiger partial charge in [-0.2, -0.15) is 4.31 Å². The molecule has 1 aromatic rings. The lowest BCUT2D eigenvalue weighted by atomic mass is 10.0. The summed E-state index contributed by atoms with van der Waals surface area (Å²) in [5.41, 5.74) is 0.301. The lowest BCUT2D eigenvalue weighted by Gasteiger charge is -2.30. The Hall–Kier alpha value is -1.80. The number of hydrogen-bond donors (Lipinski definition) is 1. The molecule has 7 nitrogen and oxygen atoms in total. The molecule has 0 radical (unpaired) electrons. The quantitative estimate of drug-likeness (QED) is 0.873. The zero-order valence-corrected chi connectivity index (χ0v) is 15.3. The predicted octanol–water partition coefficient (Wildman–Crippen LogP) is 2.08. The predicted molar refractivity (Wildman–Crippen MR) is 91.0 cm³/mol. The van der Waals surface area contributed by atoms with Gasteiger partial charge in [-0.3, -0.25) is 4.79 Å². The van der Waals surface area contributed by atoms with Gasteiger partial charge in [0.05, 0.1) is 19.9 Å². The van der Waals surface area contributed by atoms with Crippen molar-refractivity contribution in [1.29, 1.82) is 0 Å². The summed E-state index contributed by atoms with van der Waals surface area (Å²) in [6, 6.07) is 2.87. The van der Waals surface area contributed by atoms with Crippen LogP contribution < -0.4 is 14.8 Å². The zero-order valence-electron chi connectivity index (χ0n) is 14.5. The highest BCUT2D eigenvalue weighted by atomic mass is 32.2. The van der Waals surface area contributed by atoms with Crippen molar-refractivity contribution in [1.82, 2.24) is 4.31 Å². The number of benzene rings is 1. The van der Waals surface area contributed by atoms with E-state index in [1.54, 1.807) is 0 Å². The van der Waals surface area contributed by atoms with Crippen LogP contribution in [0.25, 0.3) is 0 Å². The number of sulfonamides is 1. The summed E-state index contributed by atoms with van der Waals surface area (Å²) in [5, 5.41) is 2.60. The van der Waals surface area contributed by atoms with Gasteiger partial charge >= 0.3 is 0 Å². The average molecular weight is 356 g/mol. The number of carbonyl (C=O) groups is 1. The van der Waals surface area contributed by atoms with Crippen LogP contribution in [-0.4, -0.2) is 45.9 Å². The normalized spacial score (nSPS) is 16.7. The Morgan fingerprint density at radius 3 is 2.25 bits per heavy atom. The molecular weight excluding hydrogens is 332 g/mol. The van der Waals surface area contributed by atoms with Crippen LogP contribution in [0.3, 0.4) is 0 Å². The molecule has 1 aliphatic heterocycles. The Labute approximate surface area is 143 Å². The Balaban J connectivity index is 2.48. The van der Waals surface area contributed by atoms with Gasteiger partial charge in [0.2, 0.25) is 15.9 Å². The number of nitrogens with zero attached hydrogens (tertiary/aromatic N) is 1. The fourth-order valence-electron chi connectivity index (χ4n) is 2.72. The molecule has 0 bridgehead atoms. The van der Waals surface area contributed by atoms with Crippen molar-refractivity contribution in [3.05, 3.63) is 12.1 Å². The molecule has 1 aromatic carbocycles. The first kappa shape index (κ1) is 18.5. The van der Waals surface area contributed by atoms with Crippen LogP contribution in [0.15, 0.2) is 17.0 Å². The van der Waals surface area contributed by atoms with Crippen LogP contribution in [0.5, 0.6) is 11.5 Å². The number of ether oxygens (including phenoxy) is 2. The van der Waals surface area contributed by atoms with Crippen molar-refractivity contribution < 1.29 is 22.7 Å². The van der Waals surface area contributed by atoms with E-state index in [1.807, 2.05) is 0 Å². The van der Waals surface area contributed by atoms with Crippen molar-refractivity contribution in [2.24, 2.45) is 5.92 Å². The van der Waals surface area contributed by atoms with E-state index in [4.69, 9.17) is 9.47 Å². The van der Waals surface area contributed by atoms with Crippen LogP contribution in [0.4, 0.5) is 5.69 Å². The van der Waals surface area contributed by atoms with Crippen molar-refractivity contribution >= 4 is 21.6 Å². The zero-order chi connectivity index (χ0) is 17.9. The summed E-state index contributed by atoms with van der Waals surface area (Å²) >= 11 is 0. The highest BCUT2D eigenvalue weighted by Crippen LogP contribution is 2.37. The lowest BCUT2D eigenvalue weighted by molar-refractivity contribution is -0.114. The second kappa shape index (κ2) is 7.40. The van der Waals surface area contributed by atoms with Crippen molar-refractivity contribution in [3.63, 3.8) is 0 Å². The fourth-order valence-corrected chi connectivity index (χ4v) is 4.36. The summed E-state index contributed by atoms with van der Waals surface area (Å²) in [6.45, 7) is 4.43. The molecular formula is C16H24N2O5S. The van der Waals surface area contributed by atoms with E-state index in [-0.39, 0.29) is 16.6 Å².